The van der Waals surface area contributed by atoms with Crippen molar-refractivity contribution in [1.82, 2.24) is 24.6 Å². The molecule has 0 N–H and O–H groups in total. The number of sulfone groups is 1. The second-order valence-corrected chi connectivity index (χ2v) is 13.0. The van der Waals surface area contributed by atoms with Gasteiger partial charge in [0.2, 0.25) is 0 Å². The summed E-state index contributed by atoms with van der Waals surface area (Å²) in [6, 6.07) is 6.97. The fourth-order valence-electron chi connectivity index (χ4n) is 6.06. The summed E-state index contributed by atoms with van der Waals surface area (Å²) in [7, 11) is -2.93. The highest BCUT2D eigenvalue weighted by Crippen LogP contribution is 2.35. The van der Waals surface area contributed by atoms with E-state index in [4.69, 9.17) is 19.8 Å². The van der Waals surface area contributed by atoms with Crippen LogP contribution in [0.5, 0.6) is 0 Å². The number of likely N-dealkylation sites (tertiary alicyclic amines) is 1. The van der Waals surface area contributed by atoms with Crippen molar-refractivity contribution >= 4 is 26.6 Å². The molecule has 6 rings (SSSR count). The van der Waals surface area contributed by atoms with E-state index in [0.717, 1.165) is 73.9 Å². The van der Waals surface area contributed by atoms with Crippen molar-refractivity contribution in [2.24, 2.45) is 0 Å². The Balaban J connectivity index is 1.27. The first-order valence-electron chi connectivity index (χ1n) is 12.9. The summed E-state index contributed by atoms with van der Waals surface area (Å²) < 4.78 is 30.8. The van der Waals surface area contributed by atoms with E-state index in [1.54, 1.807) is 0 Å². The maximum Gasteiger partial charge on any atom is 0.159 e. The van der Waals surface area contributed by atoms with Crippen molar-refractivity contribution in [3.63, 3.8) is 0 Å². The number of ether oxygens (including phenoxy) is 1. The molecule has 2 bridgehead atoms. The Morgan fingerprint density at radius 2 is 1.86 bits per heavy atom. The summed E-state index contributed by atoms with van der Waals surface area (Å²) in [6.07, 6.45) is 6.66. The average Bonchev–Trinajstić information content (AvgIpc) is 3.57. The van der Waals surface area contributed by atoms with Crippen LogP contribution in [0, 0.1) is 13.8 Å². The maximum atomic E-state index is 11.6. The van der Waals surface area contributed by atoms with Gasteiger partial charge in [-0.1, -0.05) is 0 Å². The third-order valence-electron chi connectivity index (χ3n) is 7.98. The molecule has 192 valence electrons. The third-order valence-corrected chi connectivity index (χ3v) is 8.91. The number of aromatic nitrogens is 4. The van der Waals surface area contributed by atoms with E-state index in [2.05, 4.69) is 34.9 Å². The summed E-state index contributed by atoms with van der Waals surface area (Å²) in [5, 5.41) is 5.83. The molecule has 2 atom stereocenters. The highest BCUT2D eigenvalue weighted by atomic mass is 32.2. The standard InChI is InChI=1S/C26H34N6O3S/c1-17-10-20-14-27-32(26-13-25(28-18(2)29-26)31-15-22-11-21(31)16-35-22)24(20)12-23(17)19-4-6-30(7-5-19)8-9-36(3,33)34/h10,12-14,19,21-22H,4-9,11,15-16H2,1-3H3/t21-,22-/m1/s1. The van der Waals surface area contributed by atoms with Crippen LogP contribution in [0.25, 0.3) is 16.7 Å². The second kappa shape index (κ2) is 9.08. The molecule has 1 aromatic carbocycles. The monoisotopic (exact) mass is 510 g/mol. The van der Waals surface area contributed by atoms with E-state index in [1.165, 1.54) is 17.4 Å². The van der Waals surface area contributed by atoms with Gasteiger partial charge in [-0.3, -0.25) is 0 Å². The van der Waals surface area contributed by atoms with Crippen LogP contribution in [0.15, 0.2) is 24.4 Å². The van der Waals surface area contributed by atoms with Crippen LogP contribution in [-0.2, 0) is 14.6 Å². The molecule has 0 saturated carbocycles. The second-order valence-electron chi connectivity index (χ2n) is 10.7. The molecule has 5 heterocycles. The van der Waals surface area contributed by atoms with E-state index >= 15 is 0 Å². The van der Waals surface area contributed by atoms with Gasteiger partial charge < -0.3 is 14.5 Å². The molecule has 0 unspecified atom stereocenters. The summed E-state index contributed by atoms with van der Waals surface area (Å²) in [6.45, 7) is 8.24. The van der Waals surface area contributed by atoms with Crippen LogP contribution < -0.4 is 4.90 Å². The summed E-state index contributed by atoms with van der Waals surface area (Å²) >= 11 is 0. The van der Waals surface area contributed by atoms with Crippen LogP contribution in [0.4, 0.5) is 5.82 Å². The quantitative estimate of drug-likeness (QED) is 0.500. The number of anilines is 1. The largest absolute Gasteiger partial charge is 0.374 e. The Kier molecular flexibility index (Phi) is 6.00. The van der Waals surface area contributed by atoms with Crippen molar-refractivity contribution in [2.75, 3.05) is 49.7 Å². The first-order valence-corrected chi connectivity index (χ1v) is 14.9. The van der Waals surface area contributed by atoms with Gasteiger partial charge in [0.1, 0.15) is 21.5 Å². The highest BCUT2D eigenvalue weighted by Gasteiger charge is 2.39. The molecule has 3 saturated heterocycles. The summed E-state index contributed by atoms with van der Waals surface area (Å²) in [4.78, 5) is 14.1. The summed E-state index contributed by atoms with van der Waals surface area (Å²) in [5.74, 6) is 3.17. The van der Waals surface area contributed by atoms with Crippen molar-refractivity contribution in [1.29, 1.82) is 0 Å². The van der Waals surface area contributed by atoms with Gasteiger partial charge in [0.25, 0.3) is 0 Å². The van der Waals surface area contributed by atoms with E-state index in [0.29, 0.717) is 24.6 Å². The molecular formula is C26H34N6O3S. The van der Waals surface area contributed by atoms with Crippen molar-refractivity contribution in [3.05, 3.63) is 41.3 Å². The smallest absolute Gasteiger partial charge is 0.159 e. The van der Waals surface area contributed by atoms with Gasteiger partial charge in [0.05, 0.1) is 36.2 Å². The predicted molar refractivity (Wildman–Crippen MR) is 140 cm³/mol. The van der Waals surface area contributed by atoms with Crippen molar-refractivity contribution in [3.8, 4) is 5.82 Å². The fraction of sp³-hybridized carbons (Fsp3) is 0.577. The van der Waals surface area contributed by atoms with Gasteiger partial charge in [0, 0.05) is 30.8 Å². The highest BCUT2D eigenvalue weighted by molar-refractivity contribution is 7.90. The molecule has 36 heavy (non-hydrogen) atoms. The topological polar surface area (TPSA) is 93.5 Å². The number of benzene rings is 1. The van der Waals surface area contributed by atoms with E-state index in [-0.39, 0.29) is 5.75 Å². The molecule has 2 aromatic heterocycles. The van der Waals surface area contributed by atoms with Crippen LogP contribution >= 0.6 is 0 Å². The molecule has 3 aliphatic heterocycles. The lowest BCUT2D eigenvalue weighted by Gasteiger charge is -2.32. The maximum absolute atomic E-state index is 11.6. The van der Waals surface area contributed by atoms with E-state index in [9.17, 15) is 8.42 Å². The third kappa shape index (κ3) is 4.62. The number of hydrogen-bond donors (Lipinski definition) is 0. The molecule has 10 heteroatoms. The molecule has 9 nitrogen and oxygen atoms in total. The van der Waals surface area contributed by atoms with E-state index in [1.807, 2.05) is 17.8 Å². The minimum absolute atomic E-state index is 0.230. The number of fused-ring (bicyclic) bond motifs is 3. The molecular weight excluding hydrogens is 476 g/mol. The molecule has 0 aliphatic carbocycles. The summed E-state index contributed by atoms with van der Waals surface area (Å²) in [5.41, 5.74) is 3.70. The van der Waals surface area contributed by atoms with Crippen LogP contribution in [0.3, 0.4) is 0 Å². The van der Waals surface area contributed by atoms with Gasteiger partial charge in [-0.2, -0.15) is 5.10 Å². The van der Waals surface area contributed by atoms with Crippen LogP contribution in [0.1, 0.15) is 42.1 Å². The van der Waals surface area contributed by atoms with Crippen LogP contribution in [-0.4, -0.2) is 90.0 Å². The van der Waals surface area contributed by atoms with Gasteiger partial charge in [-0.15, -0.1) is 0 Å². The number of morpholine rings is 1. The molecule has 3 aliphatic rings. The van der Waals surface area contributed by atoms with Gasteiger partial charge in [0.15, 0.2) is 5.82 Å². The predicted octanol–water partition coefficient (Wildman–Crippen LogP) is 2.63. The SMILES string of the molecule is Cc1nc(N2C[C@H]3C[C@@H]2CO3)cc(-n2ncc3cc(C)c(C4CCN(CCS(C)(=O)=O)CC4)cc32)n1. The number of nitrogens with zero attached hydrogens (tertiary/aromatic N) is 6. The minimum Gasteiger partial charge on any atom is -0.374 e. The van der Waals surface area contributed by atoms with Crippen molar-refractivity contribution in [2.45, 2.75) is 51.2 Å². The van der Waals surface area contributed by atoms with Gasteiger partial charge in [-0.25, -0.2) is 23.1 Å². The zero-order valence-electron chi connectivity index (χ0n) is 21.2. The Labute approximate surface area is 212 Å². The molecule has 0 radical (unpaired) electrons. The Hall–Kier alpha value is -2.56. The lowest BCUT2D eigenvalue weighted by atomic mass is 9.86. The number of rotatable bonds is 6. The number of piperidine rings is 1. The lowest BCUT2D eigenvalue weighted by Crippen LogP contribution is -2.37. The zero-order chi connectivity index (χ0) is 25.0. The average molecular weight is 511 g/mol. The Bertz CT molecular complexity index is 1400. The van der Waals surface area contributed by atoms with Crippen LogP contribution in [0.2, 0.25) is 0 Å². The van der Waals surface area contributed by atoms with Crippen molar-refractivity contribution < 1.29 is 13.2 Å². The Morgan fingerprint density at radius 3 is 2.56 bits per heavy atom. The van der Waals surface area contributed by atoms with Gasteiger partial charge >= 0.3 is 0 Å². The fourth-order valence-corrected chi connectivity index (χ4v) is 6.65. The Morgan fingerprint density at radius 1 is 1.08 bits per heavy atom. The normalized spacial score (nSPS) is 23.2. The minimum atomic E-state index is -2.93. The molecule has 0 amide bonds. The molecule has 3 fully saturated rings. The number of aryl methyl sites for hydroxylation is 2. The first-order chi connectivity index (χ1) is 17.2. The van der Waals surface area contributed by atoms with E-state index < -0.39 is 9.84 Å². The zero-order valence-corrected chi connectivity index (χ0v) is 22.0. The molecule has 0 spiro atoms. The number of hydrogen-bond acceptors (Lipinski definition) is 8. The first kappa shape index (κ1) is 23.8. The molecule has 3 aromatic rings. The lowest BCUT2D eigenvalue weighted by molar-refractivity contribution is 0.0988. The van der Waals surface area contributed by atoms with Gasteiger partial charge in [-0.05, 0) is 75.4 Å².